The Labute approximate surface area is 120 Å². The normalized spacial score (nSPS) is 12.4. The third-order valence-corrected chi connectivity index (χ3v) is 3.35. The van der Waals surface area contributed by atoms with Gasteiger partial charge in [0.25, 0.3) is 5.95 Å². The zero-order chi connectivity index (χ0) is 13.7. The predicted molar refractivity (Wildman–Crippen MR) is 75.8 cm³/mol. The maximum atomic E-state index is 5.88. The van der Waals surface area contributed by atoms with Gasteiger partial charge in [-0.1, -0.05) is 6.92 Å². The number of anilines is 1. The number of hydrogen-bond donors (Lipinski definition) is 1. The fourth-order valence-corrected chi connectivity index (χ4v) is 2.28. The minimum Gasteiger partial charge on any atom is -0.354 e. The first-order chi connectivity index (χ1) is 9.19. The average Bonchev–Trinajstić information content (AvgIpc) is 2.90. The predicted octanol–water partition coefficient (Wildman–Crippen LogP) is 1.52. The highest BCUT2D eigenvalue weighted by Crippen LogP contribution is 2.10. The van der Waals surface area contributed by atoms with Crippen molar-refractivity contribution in [1.82, 2.24) is 29.7 Å². The van der Waals surface area contributed by atoms with Crippen LogP contribution in [0.15, 0.2) is 12.7 Å². The number of hydrogen-bond acceptors (Lipinski definition) is 7. The molecular formula is C10H14ClN7S. The molecule has 0 saturated carbocycles. The Kier molecular flexibility index (Phi) is 4.92. The van der Waals surface area contributed by atoms with Crippen molar-refractivity contribution in [3.05, 3.63) is 17.9 Å². The van der Waals surface area contributed by atoms with E-state index in [0.717, 1.165) is 12.3 Å². The lowest BCUT2D eigenvalue weighted by atomic mass is 10.2. The zero-order valence-corrected chi connectivity index (χ0v) is 12.2. The Morgan fingerprint density at radius 2 is 2.26 bits per heavy atom. The molecule has 0 aliphatic carbocycles. The molecule has 2 rings (SSSR count). The molecular weight excluding hydrogens is 286 g/mol. The van der Waals surface area contributed by atoms with Crippen LogP contribution < -0.4 is 5.32 Å². The van der Waals surface area contributed by atoms with Gasteiger partial charge in [0, 0.05) is 6.54 Å². The molecule has 0 spiro atoms. The van der Waals surface area contributed by atoms with E-state index in [1.54, 1.807) is 0 Å². The standard InChI is InChI=1S/C10H14ClN7S/c1-7(4-19-2)3-13-9-15-8(11)16-10(17-9)18-6-12-5-14-18/h5-7H,3-4H2,1-2H3,(H,13,15,16,17). The van der Waals surface area contributed by atoms with Gasteiger partial charge in [0.15, 0.2) is 0 Å². The molecule has 2 aromatic heterocycles. The molecule has 7 nitrogen and oxygen atoms in total. The summed E-state index contributed by atoms with van der Waals surface area (Å²) in [5.41, 5.74) is 0. The first-order valence-corrected chi connectivity index (χ1v) is 7.45. The van der Waals surface area contributed by atoms with E-state index in [1.807, 2.05) is 11.8 Å². The third-order valence-electron chi connectivity index (χ3n) is 2.28. The molecule has 0 bridgehead atoms. The average molecular weight is 300 g/mol. The van der Waals surface area contributed by atoms with E-state index in [4.69, 9.17) is 11.6 Å². The van der Waals surface area contributed by atoms with Crippen LogP contribution in [0.2, 0.25) is 5.28 Å². The van der Waals surface area contributed by atoms with Crippen LogP contribution in [0, 0.1) is 5.92 Å². The van der Waals surface area contributed by atoms with Gasteiger partial charge in [-0.3, -0.25) is 0 Å². The topological polar surface area (TPSA) is 81.4 Å². The molecule has 0 amide bonds. The molecule has 1 N–H and O–H groups in total. The minimum absolute atomic E-state index is 0.125. The summed E-state index contributed by atoms with van der Waals surface area (Å²) >= 11 is 7.68. The van der Waals surface area contributed by atoms with Crippen LogP contribution in [-0.4, -0.2) is 48.3 Å². The van der Waals surface area contributed by atoms with Crippen LogP contribution in [0.4, 0.5) is 5.95 Å². The Hall–Kier alpha value is -1.41. The summed E-state index contributed by atoms with van der Waals surface area (Å²) in [6, 6.07) is 0. The quantitative estimate of drug-likeness (QED) is 0.866. The van der Waals surface area contributed by atoms with E-state index in [2.05, 4.69) is 43.5 Å². The lowest BCUT2D eigenvalue weighted by Crippen LogP contribution is -2.16. The number of halogens is 1. The van der Waals surface area contributed by atoms with Crippen molar-refractivity contribution in [2.75, 3.05) is 23.9 Å². The molecule has 1 unspecified atom stereocenters. The van der Waals surface area contributed by atoms with E-state index in [9.17, 15) is 0 Å². The second kappa shape index (κ2) is 6.67. The smallest absolute Gasteiger partial charge is 0.258 e. The summed E-state index contributed by atoms with van der Waals surface area (Å²) in [5, 5.41) is 7.23. The molecule has 0 radical (unpaired) electrons. The molecule has 102 valence electrons. The Balaban J connectivity index is 2.09. The lowest BCUT2D eigenvalue weighted by molar-refractivity contribution is 0.694. The fourth-order valence-electron chi connectivity index (χ4n) is 1.44. The van der Waals surface area contributed by atoms with Crippen LogP contribution in [0.1, 0.15) is 6.92 Å². The third kappa shape index (κ3) is 4.03. The zero-order valence-electron chi connectivity index (χ0n) is 10.6. The van der Waals surface area contributed by atoms with E-state index >= 15 is 0 Å². The molecule has 1 atom stereocenters. The van der Waals surface area contributed by atoms with Crippen molar-refractivity contribution < 1.29 is 0 Å². The summed E-state index contributed by atoms with van der Waals surface area (Å²) in [6.45, 7) is 2.93. The highest BCUT2D eigenvalue weighted by Gasteiger charge is 2.08. The van der Waals surface area contributed by atoms with Crippen molar-refractivity contribution in [2.45, 2.75) is 6.92 Å². The Morgan fingerprint density at radius 1 is 1.42 bits per heavy atom. The monoisotopic (exact) mass is 299 g/mol. The number of nitrogens with zero attached hydrogens (tertiary/aromatic N) is 6. The van der Waals surface area contributed by atoms with Gasteiger partial charge in [-0.15, -0.1) is 0 Å². The van der Waals surface area contributed by atoms with Crippen molar-refractivity contribution in [3.63, 3.8) is 0 Å². The molecule has 2 aromatic rings. The molecule has 2 heterocycles. The van der Waals surface area contributed by atoms with Crippen molar-refractivity contribution in [1.29, 1.82) is 0 Å². The van der Waals surface area contributed by atoms with Crippen LogP contribution >= 0.6 is 23.4 Å². The van der Waals surface area contributed by atoms with Gasteiger partial charge < -0.3 is 5.32 Å². The number of nitrogens with one attached hydrogen (secondary N) is 1. The molecule has 0 fully saturated rings. The molecule has 0 saturated heterocycles. The van der Waals surface area contributed by atoms with Gasteiger partial charge in [-0.05, 0) is 29.5 Å². The van der Waals surface area contributed by atoms with Gasteiger partial charge in [0.1, 0.15) is 12.7 Å². The van der Waals surface area contributed by atoms with Crippen molar-refractivity contribution in [2.24, 2.45) is 5.92 Å². The Bertz CT molecular complexity index is 519. The number of rotatable bonds is 6. The highest BCUT2D eigenvalue weighted by atomic mass is 35.5. The number of aromatic nitrogens is 6. The second-order valence-electron chi connectivity index (χ2n) is 4.01. The SMILES string of the molecule is CSCC(C)CNc1nc(Cl)nc(-n2cncn2)n1. The number of thioether (sulfide) groups is 1. The van der Waals surface area contributed by atoms with Crippen LogP contribution in [0.3, 0.4) is 0 Å². The molecule has 9 heteroatoms. The molecule has 0 aromatic carbocycles. The first kappa shape index (κ1) is 14.0. The summed E-state index contributed by atoms with van der Waals surface area (Å²) in [7, 11) is 0. The lowest BCUT2D eigenvalue weighted by Gasteiger charge is -2.11. The van der Waals surface area contributed by atoms with Gasteiger partial charge >= 0.3 is 0 Å². The minimum atomic E-state index is 0.125. The molecule has 19 heavy (non-hydrogen) atoms. The van der Waals surface area contributed by atoms with Gasteiger partial charge in [-0.25, -0.2) is 4.98 Å². The fraction of sp³-hybridized carbons (Fsp3) is 0.500. The second-order valence-corrected chi connectivity index (χ2v) is 5.26. The first-order valence-electron chi connectivity index (χ1n) is 5.68. The Morgan fingerprint density at radius 3 is 2.95 bits per heavy atom. The van der Waals surface area contributed by atoms with E-state index in [1.165, 1.54) is 17.3 Å². The van der Waals surface area contributed by atoms with E-state index in [-0.39, 0.29) is 5.28 Å². The van der Waals surface area contributed by atoms with Gasteiger partial charge in [0.05, 0.1) is 0 Å². The highest BCUT2D eigenvalue weighted by molar-refractivity contribution is 7.98. The van der Waals surface area contributed by atoms with Gasteiger partial charge in [0.2, 0.25) is 11.2 Å². The van der Waals surface area contributed by atoms with E-state index in [0.29, 0.717) is 17.8 Å². The maximum absolute atomic E-state index is 5.88. The van der Waals surface area contributed by atoms with Crippen LogP contribution in [-0.2, 0) is 0 Å². The van der Waals surface area contributed by atoms with E-state index < -0.39 is 0 Å². The summed E-state index contributed by atoms with van der Waals surface area (Å²) < 4.78 is 1.43. The van der Waals surface area contributed by atoms with Crippen molar-refractivity contribution >= 4 is 29.3 Å². The summed E-state index contributed by atoms with van der Waals surface area (Å²) in [5.74, 6) is 2.37. The van der Waals surface area contributed by atoms with Crippen molar-refractivity contribution in [3.8, 4) is 5.95 Å². The van der Waals surface area contributed by atoms with Crippen LogP contribution in [0.25, 0.3) is 5.95 Å². The summed E-state index contributed by atoms with van der Waals surface area (Å²) in [6.07, 6.45) is 5.00. The van der Waals surface area contributed by atoms with Crippen LogP contribution in [0.5, 0.6) is 0 Å². The largest absolute Gasteiger partial charge is 0.354 e. The summed E-state index contributed by atoms with van der Waals surface area (Å²) in [4.78, 5) is 16.1. The molecule has 0 aliphatic rings. The maximum Gasteiger partial charge on any atom is 0.258 e. The van der Waals surface area contributed by atoms with Gasteiger partial charge in [-0.2, -0.15) is 36.5 Å². The molecule has 0 aliphatic heterocycles.